The minimum atomic E-state index is -0.495. The molecule has 8 heteroatoms. The summed E-state index contributed by atoms with van der Waals surface area (Å²) in [5.41, 5.74) is 3.27. The van der Waals surface area contributed by atoms with Crippen molar-refractivity contribution in [1.29, 1.82) is 0 Å². The van der Waals surface area contributed by atoms with Gasteiger partial charge in [0.1, 0.15) is 0 Å². The number of amides is 1. The molecule has 0 radical (unpaired) electrons. The van der Waals surface area contributed by atoms with Gasteiger partial charge in [-0.2, -0.15) is 0 Å². The number of nitro groups is 1. The van der Waals surface area contributed by atoms with E-state index in [1.165, 1.54) is 29.5 Å². The fourth-order valence-electron chi connectivity index (χ4n) is 2.97. The van der Waals surface area contributed by atoms with E-state index in [1.807, 2.05) is 38.9 Å². The Hall–Kier alpha value is -2.84. The minimum Gasteiger partial charge on any atom is -0.308 e. The van der Waals surface area contributed by atoms with Crippen molar-refractivity contribution in [3.05, 3.63) is 63.2 Å². The van der Waals surface area contributed by atoms with Crippen LogP contribution in [-0.2, 0) is 0 Å². The van der Waals surface area contributed by atoms with Crippen molar-refractivity contribution in [2.75, 3.05) is 32.1 Å². The Labute approximate surface area is 167 Å². The molecule has 0 aliphatic heterocycles. The van der Waals surface area contributed by atoms with E-state index in [2.05, 4.69) is 11.1 Å². The van der Waals surface area contributed by atoms with Gasteiger partial charge in [0.15, 0.2) is 5.13 Å². The van der Waals surface area contributed by atoms with Crippen LogP contribution in [0.1, 0.15) is 21.5 Å². The van der Waals surface area contributed by atoms with Crippen molar-refractivity contribution in [2.45, 2.75) is 13.8 Å². The SMILES string of the molecule is Cc1cc(C)c2sc(N(CCN(C)C)C(=O)c3cccc([N+](=O)[O-])c3)nc2c1. The molecule has 3 rings (SSSR count). The van der Waals surface area contributed by atoms with E-state index in [-0.39, 0.29) is 17.2 Å². The second kappa shape index (κ2) is 8.04. The summed E-state index contributed by atoms with van der Waals surface area (Å²) in [5, 5.41) is 11.7. The fraction of sp³-hybridized carbons (Fsp3) is 0.300. The van der Waals surface area contributed by atoms with Gasteiger partial charge in [0.05, 0.1) is 15.1 Å². The second-order valence-electron chi connectivity index (χ2n) is 6.99. The normalized spacial score (nSPS) is 11.2. The van der Waals surface area contributed by atoms with Crippen LogP contribution in [0.25, 0.3) is 10.2 Å². The van der Waals surface area contributed by atoms with Crippen LogP contribution in [0.15, 0.2) is 36.4 Å². The molecule has 146 valence electrons. The molecule has 1 aromatic heterocycles. The first kappa shape index (κ1) is 19.9. The minimum absolute atomic E-state index is 0.103. The van der Waals surface area contributed by atoms with Crippen molar-refractivity contribution in [3.8, 4) is 0 Å². The highest BCUT2D eigenvalue weighted by atomic mass is 32.1. The molecule has 0 aliphatic rings. The lowest BCUT2D eigenvalue weighted by Crippen LogP contribution is -2.36. The highest BCUT2D eigenvalue weighted by Crippen LogP contribution is 2.33. The summed E-state index contributed by atoms with van der Waals surface area (Å²) < 4.78 is 1.04. The average Bonchev–Trinajstić information content (AvgIpc) is 3.05. The van der Waals surface area contributed by atoms with Crippen molar-refractivity contribution < 1.29 is 9.72 Å². The topological polar surface area (TPSA) is 79.6 Å². The number of benzene rings is 2. The monoisotopic (exact) mass is 398 g/mol. The molecule has 0 aliphatic carbocycles. The Kier molecular flexibility index (Phi) is 5.71. The van der Waals surface area contributed by atoms with E-state index in [0.717, 1.165) is 21.3 Å². The third-order valence-electron chi connectivity index (χ3n) is 4.36. The number of carbonyl (C=O) groups is 1. The van der Waals surface area contributed by atoms with Crippen LogP contribution in [0.2, 0.25) is 0 Å². The van der Waals surface area contributed by atoms with Crippen molar-refractivity contribution in [2.24, 2.45) is 0 Å². The lowest BCUT2D eigenvalue weighted by atomic mass is 10.1. The molecule has 3 aromatic rings. The summed E-state index contributed by atoms with van der Waals surface area (Å²) in [5.74, 6) is -0.293. The summed E-state index contributed by atoms with van der Waals surface area (Å²) in [6, 6.07) is 9.92. The molecule has 0 fully saturated rings. The van der Waals surface area contributed by atoms with E-state index in [4.69, 9.17) is 0 Å². The number of nitro benzene ring substituents is 1. The van der Waals surface area contributed by atoms with Gasteiger partial charge >= 0.3 is 0 Å². The Morgan fingerprint density at radius 1 is 1.18 bits per heavy atom. The highest BCUT2D eigenvalue weighted by molar-refractivity contribution is 7.22. The lowest BCUT2D eigenvalue weighted by Gasteiger charge is -2.22. The summed E-state index contributed by atoms with van der Waals surface area (Å²) in [6.07, 6.45) is 0. The Balaban J connectivity index is 2.04. The van der Waals surface area contributed by atoms with Gasteiger partial charge in [-0.1, -0.05) is 23.5 Å². The van der Waals surface area contributed by atoms with E-state index in [1.54, 1.807) is 11.0 Å². The number of non-ortho nitro benzene ring substituents is 1. The molecule has 2 aromatic carbocycles. The van der Waals surface area contributed by atoms with Gasteiger partial charge in [0.2, 0.25) is 0 Å². The Bertz CT molecular complexity index is 1050. The molecule has 0 bridgehead atoms. The molecule has 0 saturated carbocycles. The van der Waals surface area contributed by atoms with Crippen LogP contribution in [0.5, 0.6) is 0 Å². The van der Waals surface area contributed by atoms with Crippen LogP contribution in [-0.4, -0.2) is 47.9 Å². The predicted octanol–water partition coefficient (Wildman–Crippen LogP) is 4.03. The number of hydrogen-bond acceptors (Lipinski definition) is 6. The third kappa shape index (κ3) is 4.18. The molecule has 28 heavy (non-hydrogen) atoms. The van der Waals surface area contributed by atoms with E-state index < -0.39 is 4.92 Å². The molecular weight excluding hydrogens is 376 g/mol. The van der Waals surface area contributed by atoms with Gasteiger partial charge in [-0.15, -0.1) is 0 Å². The average molecular weight is 398 g/mol. The maximum Gasteiger partial charge on any atom is 0.270 e. The van der Waals surface area contributed by atoms with Crippen molar-refractivity contribution in [1.82, 2.24) is 9.88 Å². The number of aryl methyl sites for hydroxylation is 2. The van der Waals surface area contributed by atoms with Crippen molar-refractivity contribution in [3.63, 3.8) is 0 Å². The van der Waals surface area contributed by atoms with Gasteiger partial charge in [-0.3, -0.25) is 19.8 Å². The number of thiazole rings is 1. The van der Waals surface area contributed by atoms with E-state index in [0.29, 0.717) is 18.2 Å². The largest absolute Gasteiger partial charge is 0.308 e. The van der Waals surface area contributed by atoms with Gasteiger partial charge in [-0.05, 0) is 51.2 Å². The third-order valence-corrected chi connectivity index (χ3v) is 5.59. The number of nitrogens with zero attached hydrogens (tertiary/aromatic N) is 4. The second-order valence-corrected chi connectivity index (χ2v) is 7.97. The fourth-order valence-corrected chi connectivity index (χ4v) is 4.01. The van der Waals surface area contributed by atoms with Crippen LogP contribution in [0, 0.1) is 24.0 Å². The quantitative estimate of drug-likeness (QED) is 0.463. The number of likely N-dealkylation sites (N-methyl/N-ethyl adjacent to an activating group) is 1. The molecule has 7 nitrogen and oxygen atoms in total. The number of aromatic nitrogens is 1. The highest BCUT2D eigenvalue weighted by Gasteiger charge is 2.23. The maximum atomic E-state index is 13.2. The van der Waals surface area contributed by atoms with Gasteiger partial charge < -0.3 is 4.90 Å². The van der Waals surface area contributed by atoms with Crippen molar-refractivity contribution >= 4 is 38.3 Å². The van der Waals surface area contributed by atoms with Gasteiger partial charge in [-0.25, -0.2) is 4.98 Å². The van der Waals surface area contributed by atoms with Crippen LogP contribution in [0.3, 0.4) is 0 Å². The lowest BCUT2D eigenvalue weighted by molar-refractivity contribution is -0.384. The smallest absolute Gasteiger partial charge is 0.270 e. The zero-order chi connectivity index (χ0) is 20.4. The Morgan fingerprint density at radius 2 is 1.93 bits per heavy atom. The van der Waals surface area contributed by atoms with Gasteiger partial charge in [0.25, 0.3) is 11.6 Å². The number of rotatable bonds is 6. The standard InChI is InChI=1S/C20H22N4O3S/c1-13-10-14(2)18-17(11-13)21-20(28-18)23(9-8-22(3)4)19(25)15-6-5-7-16(12-15)24(26)27/h5-7,10-12H,8-9H2,1-4H3. The summed E-state index contributed by atoms with van der Waals surface area (Å²) in [7, 11) is 3.86. The first-order valence-corrected chi connectivity index (χ1v) is 9.67. The predicted molar refractivity (Wildman–Crippen MR) is 112 cm³/mol. The van der Waals surface area contributed by atoms with Gasteiger partial charge in [0, 0.05) is 30.8 Å². The molecule has 0 N–H and O–H groups in total. The van der Waals surface area contributed by atoms with E-state index in [9.17, 15) is 14.9 Å². The molecular formula is C20H22N4O3S. The zero-order valence-electron chi connectivity index (χ0n) is 16.3. The first-order chi connectivity index (χ1) is 13.3. The summed E-state index contributed by atoms with van der Waals surface area (Å²) in [6.45, 7) is 5.13. The number of anilines is 1. The maximum absolute atomic E-state index is 13.2. The first-order valence-electron chi connectivity index (χ1n) is 8.85. The molecule has 1 heterocycles. The zero-order valence-corrected chi connectivity index (χ0v) is 17.1. The molecule has 0 spiro atoms. The summed E-state index contributed by atoms with van der Waals surface area (Å²) >= 11 is 1.47. The molecule has 0 unspecified atom stereocenters. The molecule has 0 atom stereocenters. The van der Waals surface area contributed by atoms with E-state index >= 15 is 0 Å². The number of fused-ring (bicyclic) bond motifs is 1. The molecule has 0 saturated heterocycles. The molecule has 1 amide bonds. The van der Waals surface area contributed by atoms with Crippen LogP contribution >= 0.6 is 11.3 Å². The Morgan fingerprint density at radius 3 is 2.61 bits per heavy atom. The summed E-state index contributed by atoms with van der Waals surface area (Å²) in [4.78, 5) is 32.1. The number of carbonyl (C=O) groups excluding carboxylic acids is 1. The van der Waals surface area contributed by atoms with Crippen LogP contribution in [0.4, 0.5) is 10.8 Å². The number of hydrogen-bond donors (Lipinski definition) is 0. The van der Waals surface area contributed by atoms with Crippen LogP contribution < -0.4 is 4.90 Å².